The first kappa shape index (κ1) is 52.8. The van der Waals surface area contributed by atoms with Gasteiger partial charge in [0, 0.05) is 26.8 Å². The fraction of sp³-hybridized carbons (Fsp3) is 0.897. The zero-order chi connectivity index (χ0) is 42.5. The van der Waals surface area contributed by atoms with Crippen molar-refractivity contribution >= 4 is 31.6 Å². The lowest BCUT2D eigenvalue weighted by Crippen LogP contribution is -2.65. The predicted molar refractivity (Wildman–Crippen MR) is 211 cm³/mol. The number of carbonyl (C=O) groups is 4. The highest BCUT2D eigenvalue weighted by Gasteiger charge is 2.46. The van der Waals surface area contributed by atoms with E-state index in [1.807, 2.05) is 6.92 Å². The molecule has 0 aromatic heterocycles. The van der Waals surface area contributed by atoms with Crippen LogP contribution in [0.3, 0.4) is 0 Å². The van der Waals surface area contributed by atoms with Crippen LogP contribution in [0.4, 0.5) is 0 Å². The molecule has 1 aliphatic rings. The van der Waals surface area contributed by atoms with Gasteiger partial charge in [0.05, 0.1) is 19.8 Å². The maximum absolute atomic E-state index is 13.2. The zero-order valence-electron chi connectivity index (χ0n) is 34.7. The number of aliphatic hydroxyl groups is 3. The number of nitrogens with one attached hydrogen (secondary N) is 2. The first-order chi connectivity index (χ1) is 27.2. The highest BCUT2D eigenvalue weighted by molar-refractivity contribution is 7.47. The molecule has 0 saturated carbocycles. The topological polar surface area (TPSA) is 246 Å². The first-order valence-electron chi connectivity index (χ1n) is 21.0. The molecule has 1 saturated heterocycles. The lowest BCUT2D eigenvalue weighted by molar-refractivity contribution is -0.273. The first-order valence-corrected chi connectivity index (χ1v) is 22.5. The summed E-state index contributed by atoms with van der Waals surface area (Å²) >= 11 is 0. The van der Waals surface area contributed by atoms with Crippen LogP contribution in [-0.2, 0) is 51.7 Å². The molecule has 1 heterocycles. The molecule has 2 amide bonds. The maximum atomic E-state index is 13.2. The van der Waals surface area contributed by atoms with Crippen LogP contribution in [0.2, 0.25) is 0 Å². The fourth-order valence-electron chi connectivity index (χ4n) is 6.26. The van der Waals surface area contributed by atoms with Crippen molar-refractivity contribution in [2.45, 2.75) is 193 Å². The second-order valence-corrected chi connectivity index (χ2v) is 16.1. The van der Waals surface area contributed by atoms with Gasteiger partial charge >= 0.3 is 19.8 Å². The highest BCUT2D eigenvalue weighted by atomic mass is 31.2. The van der Waals surface area contributed by atoms with Crippen LogP contribution in [-0.4, -0.2) is 120 Å². The Bertz CT molecular complexity index is 1160. The van der Waals surface area contributed by atoms with E-state index in [1.54, 1.807) is 0 Å². The van der Waals surface area contributed by atoms with Gasteiger partial charge in [-0.15, -0.1) is 0 Å². The lowest BCUT2D eigenvalue weighted by Gasteiger charge is -2.42. The summed E-state index contributed by atoms with van der Waals surface area (Å²) in [6.45, 7) is 3.90. The summed E-state index contributed by atoms with van der Waals surface area (Å²) in [5.74, 6) is -2.77. The van der Waals surface area contributed by atoms with Crippen molar-refractivity contribution in [2.24, 2.45) is 0 Å². The Balaban J connectivity index is 2.78. The van der Waals surface area contributed by atoms with E-state index in [-0.39, 0.29) is 13.0 Å². The number of unbranched alkanes of at least 4 members (excludes halogenated alkanes) is 16. The van der Waals surface area contributed by atoms with Gasteiger partial charge in [-0.3, -0.25) is 28.2 Å². The Morgan fingerprint density at radius 2 is 1.28 bits per heavy atom. The van der Waals surface area contributed by atoms with E-state index >= 15 is 0 Å². The van der Waals surface area contributed by atoms with Gasteiger partial charge in [0.25, 0.3) is 5.91 Å². The summed E-state index contributed by atoms with van der Waals surface area (Å²) in [4.78, 5) is 59.4. The minimum absolute atomic E-state index is 0.135. The van der Waals surface area contributed by atoms with Crippen molar-refractivity contribution < 1.29 is 72.0 Å². The van der Waals surface area contributed by atoms with Gasteiger partial charge in [-0.1, -0.05) is 117 Å². The summed E-state index contributed by atoms with van der Waals surface area (Å²) < 4.78 is 44.3. The van der Waals surface area contributed by atoms with Crippen LogP contribution in [0, 0.1) is 0 Å². The van der Waals surface area contributed by atoms with Gasteiger partial charge in [0.1, 0.15) is 31.0 Å². The second-order valence-electron chi connectivity index (χ2n) is 14.7. The number of carbonyl (C=O) groups excluding carboxylic acids is 4. The van der Waals surface area contributed by atoms with Gasteiger partial charge in [0.2, 0.25) is 5.91 Å². The minimum Gasteiger partial charge on any atom is -0.462 e. The third-order valence-corrected chi connectivity index (χ3v) is 10.5. The van der Waals surface area contributed by atoms with Crippen molar-refractivity contribution in [3.05, 3.63) is 0 Å². The maximum Gasteiger partial charge on any atom is 0.473 e. The van der Waals surface area contributed by atoms with Crippen LogP contribution in [0.5, 0.6) is 0 Å². The summed E-state index contributed by atoms with van der Waals surface area (Å²) in [7, 11) is -5.09. The normalized spacial score (nSPS) is 21.6. The quantitative estimate of drug-likeness (QED) is 0.0297. The molecule has 1 fully saturated rings. The molecule has 1 rings (SSSR count). The molecule has 0 aromatic rings. The van der Waals surface area contributed by atoms with Gasteiger partial charge in [-0.2, -0.15) is 0 Å². The number of amides is 2. The van der Waals surface area contributed by atoms with Gasteiger partial charge in [0.15, 0.2) is 18.5 Å². The van der Waals surface area contributed by atoms with E-state index < -0.39 is 101 Å². The molecule has 0 bridgehead atoms. The monoisotopic (exact) mass is 840 g/mol. The largest absolute Gasteiger partial charge is 0.473 e. The van der Waals surface area contributed by atoms with Crippen molar-refractivity contribution in [3.63, 3.8) is 0 Å². The summed E-state index contributed by atoms with van der Waals surface area (Å²) in [6, 6.07) is -1.34. The smallest absolute Gasteiger partial charge is 0.462 e. The number of phosphoric ester groups is 1. The lowest BCUT2D eigenvalue weighted by atomic mass is 9.96. The molecule has 0 spiro atoms. The Morgan fingerprint density at radius 3 is 1.81 bits per heavy atom. The highest BCUT2D eigenvalue weighted by Crippen LogP contribution is 2.45. The molecule has 0 aliphatic carbocycles. The zero-order valence-corrected chi connectivity index (χ0v) is 35.6. The molecular formula is C39H73N2O15P. The SMILES string of the molecule is CCCCCCCCCCCCCCCCCC(=O)N[C@@H]1[C@H](OC[C@H](OP(=O)(O)OC[C@H](COC(C)=O)OC(C)=O)C(=O)NCCCCC)O[C@@H](CO)[C@@H](O)[C@H]1O. The third-order valence-electron chi connectivity index (χ3n) is 9.49. The van der Waals surface area contributed by atoms with Crippen molar-refractivity contribution in [1.29, 1.82) is 0 Å². The fourth-order valence-corrected chi connectivity index (χ4v) is 7.15. The molecular weight excluding hydrogens is 767 g/mol. The molecule has 17 nitrogen and oxygen atoms in total. The number of hydrogen-bond donors (Lipinski definition) is 6. The number of phosphoric acid groups is 1. The molecule has 57 heavy (non-hydrogen) atoms. The van der Waals surface area contributed by atoms with Crippen molar-refractivity contribution in [2.75, 3.05) is 33.0 Å². The second kappa shape index (κ2) is 31.7. The van der Waals surface area contributed by atoms with Crippen molar-refractivity contribution in [1.82, 2.24) is 10.6 Å². The summed E-state index contributed by atoms with van der Waals surface area (Å²) in [5.41, 5.74) is 0. The number of esters is 2. The van der Waals surface area contributed by atoms with Crippen LogP contribution < -0.4 is 10.6 Å². The van der Waals surface area contributed by atoms with Gasteiger partial charge in [-0.25, -0.2) is 4.57 Å². The predicted octanol–water partition coefficient (Wildman–Crippen LogP) is 4.49. The molecule has 1 unspecified atom stereocenters. The number of ether oxygens (including phenoxy) is 4. The van der Waals surface area contributed by atoms with Crippen LogP contribution in [0.1, 0.15) is 150 Å². The van der Waals surface area contributed by atoms with Crippen molar-refractivity contribution in [3.8, 4) is 0 Å². The van der Waals surface area contributed by atoms with E-state index in [1.165, 1.54) is 64.2 Å². The number of rotatable bonds is 34. The molecule has 0 aromatic carbocycles. The summed E-state index contributed by atoms with van der Waals surface area (Å²) in [5, 5.41) is 36.5. The van der Waals surface area contributed by atoms with E-state index in [0.29, 0.717) is 12.8 Å². The van der Waals surface area contributed by atoms with Crippen LogP contribution >= 0.6 is 7.82 Å². The van der Waals surface area contributed by atoms with E-state index in [0.717, 1.165) is 52.4 Å². The Morgan fingerprint density at radius 1 is 0.737 bits per heavy atom. The molecule has 0 radical (unpaired) electrons. The Labute approximate surface area is 339 Å². The van der Waals surface area contributed by atoms with E-state index in [9.17, 15) is 44.0 Å². The van der Waals surface area contributed by atoms with Gasteiger partial charge < -0.3 is 49.8 Å². The number of aliphatic hydroxyl groups excluding tert-OH is 3. The average Bonchev–Trinajstić information content (AvgIpc) is 3.16. The van der Waals surface area contributed by atoms with Crippen LogP contribution in [0.25, 0.3) is 0 Å². The van der Waals surface area contributed by atoms with Gasteiger partial charge in [-0.05, 0) is 12.8 Å². The molecule has 8 atom stereocenters. The minimum atomic E-state index is -5.09. The number of hydrogen-bond acceptors (Lipinski definition) is 14. The molecule has 1 aliphatic heterocycles. The Kier molecular flexibility index (Phi) is 29.3. The Hall–Kier alpha value is -2.21. The molecule has 6 N–H and O–H groups in total. The third kappa shape index (κ3) is 25.1. The van der Waals surface area contributed by atoms with E-state index in [4.69, 9.17) is 28.0 Å². The summed E-state index contributed by atoms with van der Waals surface area (Å²) in [6.07, 6.45) is 10.9. The molecule has 18 heteroatoms. The average molecular weight is 841 g/mol. The van der Waals surface area contributed by atoms with Crippen LogP contribution in [0.15, 0.2) is 0 Å². The van der Waals surface area contributed by atoms with E-state index in [2.05, 4.69) is 17.6 Å². The standard InChI is InChI=1S/C39H73N2O15P/c1-5-7-9-10-11-12-13-14-15-16-17-18-19-20-21-23-34(45)41-35-37(47)36(46)32(25-42)55-39(35)52-28-33(38(48)40-24-22-8-6-2)56-57(49,50)53-27-31(54-30(4)44)26-51-29(3)43/h31-33,35-37,39,42,46-47H,5-28H2,1-4H3,(H,40,48)(H,41,45)(H,49,50)/t31-,32-,33-,35-,36+,37-,39+/m0/s1. The molecule has 334 valence electrons.